The molecule has 0 bridgehead atoms. The number of nitrogens with zero attached hydrogens (tertiary/aromatic N) is 2. The quantitative estimate of drug-likeness (QED) is 0.435. The number of amides is 2. The fourth-order valence-electron chi connectivity index (χ4n) is 6.46. The molecule has 1 fully saturated rings. The van der Waals surface area contributed by atoms with Crippen LogP contribution in [0.15, 0.2) is 54.6 Å². The van der Waals surface area contributed by atoms with Gasteiger partial charge in [-0.3, -0.25) is 23.8 Å². The second kappa shape index (κ2) is 11.0. The molecule has 2 aromatic carbocycles. The predicted molar refractivity (Wildman–Crippen MR) is 143 cm³/mol. The molecular formula is C28H35N2O7P. The number of benzene rings is 2. The van der Waals surface area contributed by atoms with Gasteiger partial charge in [-0.25, -0.2) is 0 Å². The average molecular weight is 543 g/mol. The molecule has 1 aliphatic carbocycles. The zero-order valence-corrected chi connectivity index (χ0v) is 22.6. The van der Waals surface area contributed by atoms with E-state index < -0.39 is 49.0 Å². The Morgan fingerprint density at radius 3 is 2.42 bits per heavy atom. The number of hydrogen-bond acceptors (Lipinski definition) is 4. The number of carboxylic acids is 1. The lowest BCUT2D eigenvalue weighted by Crippen LogP contribution is -2.57. The van der Waals surface area contributed by atoms with Gasteiger partial charge in [-0.05, 0) is 61.1 Å². The predicted octanol–water partition coefficient (Wildman–Crippen LogP) is 3.47. The van der Waals surface area contributed by atoms with Crippen molar-refractivity contribution in [3.63, 3.8) is 0 Å². The first-order valence-corrected chi connectivity index (χ1v) is 14.6. The summed E-state index contributed by atoms with van der Waals surface area (Å²) in [6.07, 6.45) is 2.21. The van der Waals surface area contributed by atoms with Crippen LogP contribution < -0.4 is 4.90 Å². The van der Waals surface area contributed by atoms with Crippen LogP contribution in [0.1, 0.15) is 43.7 Å². The molecule has 4 atom stereocenters. The summed E-state index contributed by atoms with van der Waals surface area (Å²) in [6.45, 7) is 1.34. The highest BCUT2D eigenvalue weighted by Crippen LogP contribution is 2.64. The summed E-state index contributed by atoms with van der Waals surface area (Å²) < 4.78 is 13.2. The minimum atomic E-state index is -4.96. The second-order valence-electron chi connectivity index (χ2n) is 10.6. The van der Waals surface area contributed by atoms with Crippen molar-refractivity contribution >= 4 is 31.1 Å². The third-order valence-corrected chi connectivity index (χ3v) is 10.1. The zero-order valence-electron chi connectivity index (χ0n) is 21.7. The van der Waals surface area contributed by atoms with Crippen LogP contribution >= 0.6 is 7.60 Å². The molecule has 0 aromatic heterocycles. The molecule has 38 heavy (non-hydrogen) atoms. The zero-order chi connectivity index (χ0) is 27.7. The number of likely N-dealkylation sites (N-methyl/N-ethyl adjacent to an activating group) is 1. The standard InChI is InChI=1S/C28H35N2O7P/c1-19(17-20-9-4-3-5-10-20)22-12-8-16-28(22,38(35,36)37)27(34)29(2)24-15-14-21-11-6-7-13-23(21)30(26(24)33)18-25(31)32/h3-7,9-11,13,19,22,24H,8,12,14-18H2,1-2H3,(H,31,32)(H2,35,36,37)/t19?,22?,24-,28?/m0/s1. The molecule has 2 aromatic rings. The summed E-state index contributed by atoms with van der Waals surface area (Å²) in [5, 5.41) is 7.56. The third kappa shape index (κ3) is 5.15. The highest BCUT2D eigenvalue weighted by molar-refractivity contribution is 7.54. The summed E-state index contributed by atoms with van der Waals surface area (Å²) in [6, 6.07) is 15.6. The number of anilines is 1. The molecule has 1 aliphatic heterocycles. The van der Waals surface area contributed by atoms with Crippen molar-refractivity contribution in [1.82, 2.24) is 4.90 Å². The first-order chi connectivity index (χ1) is 18.0. The molecule has 1 heterocycles. The van der Waals surface area contributed by atoms with E-state index in [1.165, 1.54) is 11.9 Å². The summed E-state index contributed by atoms with van der Waals surface area (Å²) in [7, 11) is -3.55. The van der Waals surface area contributed by atoms with Gasteiger partial charge in [0.2, 0.25) is 11.8 Å². The number of carbonyl (C=O) groups excluding carboxylic acids is 2. The average Bonchev–Trinajstić information content (AvgIpc) is 3.29. The second-order valence-corrected chi connectivity index (χ2v) is 12.4. The van der Waals surface area contributed by atoms with Crippen LogP contribution in [-0.4, -0.2) is 62.4 Å². The van der Waals surface area contributed by atoms with Gasteiger partial charge in [0.15, 0.2) is 5.16 Å². The first kappa shape index (κ1) is 28.0. The molecule has 0 saturated heterocycles. The van der Waals surface area contributed by atoms with Crippen molar-refractivity contribution in [3.8, 4) is 0 Å². The first-order valence-electron chi connectivity index (χ1n) is 12.9. The molecule has 3 N–H and O–H groups in total. The Morgan fingerprint density at radius 2 is 1.76 bits per heavy atom. The Balaban J connectivity index is 1.68. The van der Waals surface area contributed by atoms with E-state index in [0.717, 1.165) is 16.0 Å². The van der Waals surface area contributed by atoms with Crippen LogP contribution in [0, 0.1) is 11.8 Å². The maximum atomic E-state index is 14.2. The van der Waals surface area contributed by atoms with Gasteiger partial charge in [0.1, 0.15) is 12.6 Å². The lowest BCUT2D eigenvalue weighted by atomic mass is 9.80. The van der Waals surface area contributed by atoms with Crippen LogP contribution in [0.4, 0.5) is 5.69 Å². The minimum absolute atomic E-state index is 0.0320. The minimum Gasteiger partial charge on any atom is -0.480 e. The van der Waals surface area contributed by atoms with Crippen molar-refractivity contribution < 1.29 is 33.8 Å². The van der Waals surface area contributed by atoms with E-state index in [0.29, 0.717) is 31.4 Å². The number of aliphatic carboxylic acids is 1. The monoisotopic (exact) mass is 542 g/mol. The molecule has 9 nitrogen and oxygen atoms in total. The molecule has 1 saturated carbocycles. The Hall–Kier alpha value is -3.00. The highest BCUT2D eigenvalue weighted by Gasteiger charge is 2.63. The van der Waals surface area contributed by atoms with Gasteiger partial charge < -0.3 is 19.8 Å². The van der Waals surface area contributed by atoms with E-state index in [9.17, 15) is 33.8 Å². The van der Waals surface area contributed by atoms with Gasteiger partial charge >= 0.3 is 13.6 Å². The number of rotatable bonds is 8. The van der Waals surface area contributed by atoms with Gasteiger partial charge in [0.05, 0.1) is 0 Å². The smallest absolute Gasteiger partial charge is 0.341 e. The van der Waals surface area contributed by atoms with Crippen molar-refractivity contribution in [3.05, 3.63) is 65.7 Å². The fraction of sp³-hybridized carbons (Fsp3) is 0.464. The molecule has 10 heteroatoms. The largest absolute Gasteiger partial charge is 0.480 e. The SMILES string of the molecule is CC(Cc1ccccc1)C1CCCC1(C(=O)N(C)[C@H]1CCc2ccccc2N(CC(=O)O)C1=O)P(=O)(O)O. The van der Waals surface area contributed by atoms with Gasteiger partial charge in [-0.15, -0.1) is 0 Å². The van der Waals surface area contributed by atoms with E-state index in [1.807, 2.05) is 43.3 Å². The van der Waals surface area contributed by atoms with Gasteiger partial charge in [0, 0.05) is 12.7 Å². The Morgan fingerprint density at radius 1 is 1.11 bits per heavy atom. The van der Waals surface area contributed by atoms with Crippen molar-refractivity contribution in [2.75, 3.05) is 18.5 Å². The van der Waals surface area contributed by atoms with Crippen molar-refractivity contribution in [1.29, 1.82) is 0 Å². The molecule has 3 unspecified atom stereocenters. The van der Waals surface area contributed by atoms with Crippen LogP contribution in [0.5, 0.6) is 0 Å². The lowest BCUT2D eigenvalue weighted by molar-refractivity contribution is -0.142. The molecule has 2 aliphatic rings. The van der Waals surface area contributed by atoms with E-state index in [4.69, 9.17) is 0 Å². The number of hydrogen-bond donors (Lipinski definition) is 3. The van der Waals surface area contributed by atoms with Crippen molar-refractivity contribution in [2.45, 2.75) is 56.6 Å². The van der Waals surface area contributed by atoms with Crippen LogP contribution in [0.25, 0.3) is 0 Å². The summed E-state index contributed by atoms with van der Waals surface area (Å²) in [5.41, 5.74) is 2.28. The number of para-hydroxylation sites is 1. The molecule has 0 radical (unpaired) electrons. The van der Waals surface area contributed by atoms with E-state index in [2.05, 4.69) is 0 Å². The molecule has 4 rings (SSSR count). The Kier molecular flexibility index (Phi) is 8.12. The molecular weight excluding hydrogens is 507 g/mol. The number of fused-ring (bicyclic) bond motifs is 1. The number of aryl methyl sites for hydroxylation is 1. The fourth-order valence-corrected chi connectivity index (χ4v) is 8.13. The van der Waals surface area contributed by atoms with E-state index >= 15 is 0 Å². The Labute approximate surface area is 222 Å². The maximum absolute atomic E-state index is 14.2. The van der Waals surface area contributed by atoms with E-state index in [1.54, 1.807) is 18.2 Å². The Bertz CT molecular complexity index is 1250. The normalized spacial score (nSPS) is 24.4. The summed E-state index contributed by atoms with van der Waals surface area (Å²) in [5.74, 6) is -3.28. The molecule has 204 valence electrons. The highest BCUT2D eigenvalue weighted by atomic mass is 31.2. The molecule has 0 spiro atoms. The van der Waals surface area contributed by atoms with E-state index in [-0.39, 0.29) is 18.8 Å². The van der Waals surface area contributed by atoms with Crippen molar-refractivity contribution in [2.24, 2.45) is 11.8 Å². The van der Waals surface area contributed by atoms with Crippen LogP contribution in [0.3, 0.4) is 0 Å². The van der Waals surface area contributed by atoms with Gasteiger partial charge in [0.25, 0.3) is 0 Å². The van der Waals surface area contributed by atoms with Crippen LogP contribution in [0.2, 0.25) is 0 Å². The van der Waals surface area contributed by atoms with Crippen LogP contribution in [-0.2, 0) is 31.8 Å². The van der Waals surface area contributed by atoms with Gasteiger partial charge in [-0.2, -0.15) is 0 Å². The topological polar surface area (TPSA) is 135 Å². The summed E-state index contributed by atoms with van der Waals surface area (Å²) in [4.78, 5) is 63.2. The summed E-state index contributed by atoms with van der Waals surface area (Å²) >= 11 is 0. The lowest BCUT2D eigenvalue weighted by Gasteiger charge is -2.42. The van der Waals surface area contributed by atoms with Gasteiger partial charge in [-0.1, -0.05) is 61.9 Å². The molecule has 2 amide bonds. The maximum Gasteiger partial charge on any atom is 0.341 e. The number of carbonyl (C=O) groups is 3. The number of carboxylic acid groups (broad SMARTS) is 1. The third-order valence-electron chi connectivity index (χ3n) is 8.27.